The van der Waals surface area contributed by atoms with E-state index in [1.807, 2.05) is 18.2 Å². The van der Waals surface area contributed by atoms with Gasteiger partial charge in [0.25, 0.3) is 0 Å². The van der Waals surface area contributed by atoms with Gasteiger partial charge in [-0.2, -0.15) is 0 Å². The van der Waals surface area contributed by atoms with Gasteiger partial charge in [0.15, 0.2) is 0 Å². The summed E-state index contributed by atoms with van der Waals surface area (Å²) in [6.45, 7) is 13.4. The molecule has 0 unspecified atom stereocenters. The summed E-state index contributed by atoms with van der Waals surface area (Å²) < 4.78 is 26.8. The zero-order valence-electron chi connectivity index (χ0n) is 22.0. The van der Waals surface area contributed by atoms with E-state index >= 15 is 0 Å². The standard InChI is InChI=1S/C33H34O2S/c1-32(2,3)23-15-17-27-29(20-23)30-21-24(33(4,5)6)16-18-28(30)31(27)22-11-10-14-26(19-22)36(34,35)25-12-8-7-9-13-25/h7-21,31H,1-6H3. The van der Waals surface area contributed by atoms with Crippen LogP contribution in [0.4, 0.5) is 0 Å². The Morgan fingerprint density at radius 1 is 0.556 bits per heavy atom. The third kappa shape index (κ3) is 4.20. The van der Waals surface area contributed by atoms with E-state index in [0.717, 1.165) is 5.56 Å². The van der Waals surface area contributed by atoms with E-state index < -0.39 is 9.84 Å². The van der Waals surface area contributed by atoms with Crippen molar-refractivity contribution in [3.05, 3.63) is 119 Å². The van der Waals surface area contributed by atoms with Gasteiger partial charge in [-0.15, -0.1) is 0 Å². The van der Waals surface area contributed by atoms with Crippen LogP contribution in [0.3, 0.4) is 0 Å². The van der Waals surface area contributed by atoms with E-state index in [2.05, 4.69) is 84.0 Å². The summed E-state index contributed by atoms with van der Waals surface area (Å²) in [4.78, 5) is 0.651. The summed E-state index contributed by atoms with van der Waals surface area (Å²) in [5.74, 6) is -0.0102. The Morgan fingerprint density at radius 2 is 1.06 bits per heavy atom. The molecule has 5 rings (SSSR count). The molecule has 0 aromatic heterocycles. The lowest BCUT2D eigenvalue weighted by atomic mass is 9.83. The molecule has 3 heteroatoms. The first-order valence-electron chi connectivity index (χ1n) is 12.6. The van der Waals surface area contributed by atoms with Crippen LogP contribution < -0.4 is 0 Å². The number of hydrogen-bond acceptors (Lipinski definition) is 2. The van der Waals surface area contributed by atoms with Gasteiger partial charge in [-0.1, -0.05) is 108 Å². The van der Waals surface area contributed by atoms with Gasteiger partial charge in [-0.05, 0) is 74.0 Å². The predicted octanol–water partition coefficient (Wildman–Crippen LogP) is 8.28. The molecule has 0 radical (unpaired) electrons. The third-order valence-corrected chi connectivity index (χ3v) is 9.07. The van der Waals surface area contributed by atoms with Crippen LogP contribution in [0, 0.1) is 0 Å². The van der Waals surface area contributed by atoms with E-state index in [0.29, 0.717) is 9.79 Å². The Hall–Kier alpha value is -3.17. The topological polar surface area (TPSA) is 34.1 Å². The van der Waals surface area contributed by atoms with Gasteiger partial charge in [0.2, 0.25) is 9.84 Å². The van der Waals surface area contributed by atoms with Crippen LogP contribution in [0.15, 0.2) is 101 Å². The molecule has 0 aliphatic heterocycles. The summed E-state index contributed by atoms with van der Waals surface area (Å²) in [5, 5.41) is 0. The average molecular weight is 495 g/mol. The molecule has 0 atom stereocenters. The van der Waals surface area contributed by atoms with Crippen molar-refractivity contribution in [1.29, 1.82) is 0 Å². The first-order chi connectivity index (χ1) is 16.9. The molecule has 1 aliphatic rings. The molecule has 4 aromatic carbocycles. The van der Waals surface area contributed by atoms with E-state index in [-0.39, 0.29) is 16.7 Å². The second-order valence-corrected chi connectivity index (χ2v) is 13.9. The van der Waals surface area contributed by atoms with Crippen LogP contribution >= 0.6 is 0 Å². The van der Waals surface area contributed by atoms with Gasteiger partial charge >= 0.3 is 0 Å². The first-order valence-corrected chi connectivity index (χ1v) is 14.0. The van der Waals surface area contributed by atoms with Gasteiger partial charge in [0.1, 0.15) is 0 Å². The summed E-state index contributed by atoms with van der Waals surface area (Å²) in [7, 11) is -3.60. The quantitative estimate of drug-likeness (QED) is 0.253. The molecule has 0 N–H and O–H groups in total. The highest BCUT2D eigenvalue weighted by molar-refractivity contribution is 7.91. The molecule has 4 aromatic rings. The minimum absolute atomic E-state index is 0.0102. The van der Waals surface area contributed by atoms with E-state index in [1.165, 1.54) is 33.4 Å². The van der Waals surface area contributed by atoms with E-state index in [9.17, 15) is 8.42 Å². The number of sulfone groups is 1. The minimum atomic E-state index is -3.60. The highest BCUT2D eigenvalue weighted by atomic mass is 32.2. The Labute approximate surface area is 216 Å². The zero-order valence-corrected chi connectivity index (χ0v) is 22.8. The Morgan fingerprint density at radius 3 is 1.56 bits per heavy atom. The van der Waals surface area contributed by atoms with Gasteiger partial charge in [-0.25, -0.2) is 8.42 Å². The number of hydrogen-bond donors (Lipinski definition) is 0. The maximum Gasteiger partial charge on any atom is 0.206 e. The average Bonchev–Trinajstić information content (AvgIpc) is 3.17. The van der Waals surface area contributed by atoms with Crippen LogP contribution in [0.5, 0.6) is 0 Å². The third-order valence-electron chi connectivity index (χ3n) is 7.31. The molecule has 0 spiro atoms. The van der Waals surface area contributed by atoms with Crippen molar-refractivity contribution in [3.63, 3.8) is 0 Å². The Bertz CT molecular complexity index is 1490. The molecule has 0 bridgehead atoms. The van der Waals surface area contributed by atoms with Crippen molar-refractivity contribution < 1.29 is 8.42 Å². The Kier molecular flexibility index (Phi) is 5.76. The molecule has 2 nitrogen and oxygen atoms in total. The SMILES string of the molecule is CC(C)(C)c1ccc2c(c1)-c1cc(C(C)(C)C)ccc1C2c1cccc(S(=O)(=O)c2ccccc2)c1. The summed E-state index contributed by atoms with van der Waals surface area (Å²) in [5.41, 5.74) is 8.66. The van der Waals surface area contributed by atoms with E-state index in [4.69, 9.17) is 0 Å². The second kappa shape index (κ2) is 8.45. The van der Waals surface area contributed by atoms with Gasteiger partial charge < -0.3 is 0 Å². The predicted molar refractivity (Wildman–Crippen MR) is 149 cm³/mol. The van der Waals surface area contributed by atoms with Crippen molar-refractivity contribution in [2.75, 3.05) is 0 Å². The van der Waals surface area contributed by atoms with E-state index in [1.54, 1.807) is 30.3 Å². The van der Waals surface area contributed by atoms with Crippen molar-refractivity contribution in [2.24, 2.45) is 0 Å². The molecule has 0 amide bonds. The van der Waals surface area contributed by atoms with Crippen molar-refractivity contribution >= 4 is 9.84 Å². The van der Waals surface area contributed by atoms with Crippen LogP contribution in [0.1, 0.15) is 75.3 Å². The summed E-state index contributed by atoms with van der Waals surface area (Å²) >= 11 is 0. The molecule has 0 heterocycles. The number of rotatable bonds is 3. The molecule has 0 saturated heterocycles. The maximum absolute atomic E-state index is 13.4. The van der Waals surface area contributed by atoms with Gasteiger partial charge in [-0.3, -0.25) is 0 Å². The van der Waals surface area contributed by atoms with Crippen LogP contribution in [0.25, 0.3) is 11.1 Å². The number of fused-ring (bicyclic) bond motifs is 3. The maximum atomic E-state index is 13.4. The Balaban J connectivity index is 1.70. The second-order valence-electron chi connectivity index (χ2n) is 11.9. The first kappa shape index (κ1) is 24.5. The molecular weight excluding hydrogens is 460 g/mol. The lowest BCUT2D eigenvalue weighted by molar-refractivity contribution is 0.589. The molecule has 36 heavy (non-hydrogen) atoms. The minimum Gasteiger partial charge on any atom is -0.219 e. The normalized spacial score (nSPS) is 13.9. The van der Waals surface area contributed by atoms with Crippen LogP contribution in [0.2, 0.25) is 0 Å². The fourth-order valence-corrected chi connectivity index (χ4v) is 6.48. The monoisotopic (exact) mass is 494 g/mol. The summed E-state index contributed by atoms with van der Waals surface area (Å²) in [6, 6.07) is 29.8. The zero-order chi connectivity index (χ0) is 25.9. The van der Waals surface area contributed by atoms with Gasteiger partial charge in [0, 0.05) is 5.92 Å². The highest BCUT2D eigenvalue weighted by Gasteiger charge is 2.33. The molecule has 1 aliphatic carbocycles. The van der Waals surface area contributed by atoms with Crippen LogP contribution in [-0.4, -0.2) is 8.42 Å². The highest BCUT2D eigenvalue weighted by Crippen LogP contribution is 2.50. The fourth-order valence-electron chi connectivity index (χ4n) is 5.14. The molecule has 0 fully saturated rings. The van der Waals surface area contributed by atoms with Crippen molar-refractivity contribution in [1.82, 2.24) is 0 Å². The molecular formula is C33H34O2S. The molecule has 0 saturated carbocycles. The lowest BCUT2D eigenvalue weighted by Crippen LogP contribution is -2.11. The number of benzene rings is 4. The van der Waals surface area contributed by atoms with Crippen LogP contribution in [-0.2, 0) is 20.7 Å². The van der Waals surface area contributed by atoms with Crippen molar-refractivity contribution in [3.8, 4) is 11.1 Å². The fraction of sp³-hybridized carbons (Fsp3) is 0.273. The molecule has 184 valence electrons. The van der Waals surface area contributed by atoms with Crippen molar-refractivity contribution in [2.45, 2.75) is 68.1 Å². The summed E-state index contributed by atoms with van der Waals surface area (Å²) in [6.07, 6.45) is 0. The largest absolute Gasteiger partial charge is 0.219 e. The smallest absolute Gasteiger partial charge is 0.206 e. The van der Waals surface area contributed by atoms with Gasteiger partial charge in [0.05, 0.1) is 9.79 Å². The lowest BCUT2D eigenvalue weighted by Gasteiger charge is -2.21.